The van der Waals surface area contributed by atoms with E-state index in [9.17, 15) is 0 Å². The second-order valence-electron chi connectivity index (χ2n) is 5.70. The number of hydrogen-bond donors (Lipinski definition) is 1. The number of hydrogen-bond acceptors (Lipinski definition) is 2. The topological polar surface area (TPSA) is 15.3 Å². The summed E-state index contributed by atoms with van der Waals surface area (Å²) in [5, 5.41) is 3.66. The van der Waals surface area contributed by atoms with Crippen molar-refractivity contribution in [3.8, 4) is 0 Å². The molecule has 1 saturated heterocycles. The lowest BCUT2D eigenvalue weighted by Gasteiger charge is -2.26. The van der Waals surface area contributed by atoms with Gasteiger partial charge in [-0.15, -0.1) is 0 Å². The third-order valence-corrected chi connectivity index (χ3v) is 4.14. The molecule has 88 valence electrons. The van der Waals surface area contributed by atoms with Gasteiger partial charge in [0.1, 0.15) is 0 Å². The van der Waals surface area contributed by atoms with Crippen LogP contribution in [0.15, 0.2) is 0 Å². The first kappa shape index (κ1) is 11.4. The Hall–Kier alpha value is -0.0800. The zero-order valence-electron chi connectivity index (χ0n) is 10.3. The van der Waals surface area contributed by atoms with Crippen molar-refractivity contribution in [3.63, 3.8) is 0 Å². The Morgan fingerprint density at radius 1 is 1.13 bits per heavy atom. The van der Waals surface area contributed by atoms with E-state index in [0.29, 0.717) is 0 Å². The SMILES string of the molecule is CC(C)N1CCC(CNCC2CCC2)C1. The predicted molar refractivity (Wildman–Crippen MR) is 65.0 cm³/mol. The maximum Gasteiger partial charge on any atom is 0.00387 e. The molecule has 0 aromatic carbocycles. The highest BCUT2D eigenvalue weighted by Gasteiger charge is 2.24. The van der Waals surface area contributed by atoms with Gasteiger partial charge in [0.2, 0.25) is 0 Å². The fourth-order valence-electron chi connectivity index (χ4n) is 2.69. The fraction of sp³-hybridized carbons (Fsp3) is 1.00. The first-order valence-corrected chi connectivity index (χ1v) is 6.70. The highest BCUT2D eigenvalue weighted by molar-refractivity contribution is 4.80. The van der Waals surface area contributed by atoms with E-state index in [1.54, 1.807) is 0 Å². The van der Waals surface area contributed by atoms with E-state index in [2.05, 4.69) is 24.1 Å². The Bertz CT molecular complexity index is 187. The van der Waals surface area contributed by atoms with E-state index in [1.807, 2.05) is 0 Å². The average Bonchev–Trinajstić information content (AvgIpc) is 2.57. The minimum atomic E-state index is 0.738. The summed E-state index contributed by atoms with van der Waals surface area (Å²) < 4.78 is 0. The Morgan fingerprint density at radius 2 is 1.87 bits per heavy atom. The molecule has 1 unspecified atom stereocenters. The van der Waals surface area contributed by atoms with Crippen LogP contribution in [0, 0.1) is 11.8 Å². The predicted octanol–water partition coefficient (Wildman–Crippen LogP) is 2.11. The Labute approximate surface area is 94.4 Å². The summed E-state index contributed by atoms with van der Waals surface area (Å²) in [6.45, 7) is 9.77. The summed E-state index contributed by atoms with van der Waals surface area (Å²) in [7, 11) is 0. The van der Waals surface area contributed by atoms with Gasteiger partial charge in [-0.25, -0.2) is 0 Å². The van der Waals surface area contributed by atoms with E-state index in [-0.39, 0.29) is 0 Å². The average molecular weight is 210 g/mol. The number of likely N-dealkylation sites (tertiary alicyclic amines) is 1. The molecule has 0 aromatic rings. The van der Waals surface area contributed by atoms with Crippen molar-refractivity contribution in [2.24, 2.45) is 11.8 Å². The standard InChI is InChI=1S/C13H26N2/c1-11(2)15-7-6-13(10-15)9-14-8-12-4-3-5-12/h11-14H,3-10H2,1-2H3. The summed E-state index contributed by atoms with van der Waals surface area (Å²) in [6.07, 6.45) is 5.80. The zero-order chi connectivity index (χ0) is 10.7. The largest absolute Gasteiger partial charge is 0.316 e. The van der Waals surface area contributed by atoms with E-state index < -0.39 is 0 Å². The molecule has 1 saturated carbocycles. The molecule has 2 aliphatic rings. The smallest absolute Gasteiger partial charge is 0.00387 e. The van der Waals surface area contributed by atoms with Gasteiger partial charge in [-0.3, -0.25) is 0 Å². The van der Waals surface area contributed by atoms with Gasteiger partial charge in [-0.05, 0) is 64.6 Å². The van der Waals surface area contributed by atoms with Crippen LogP contribution in [0.2, 0.25) is 0 Å². The van der Waals surface area contributed by atoms with Crippen molar-refractivity contribution in [2.45, 2.75) is 45.6 Å². The van der Waals surface area contributed by atoms with Crippen LogP contribution in [-0.4, -0.2) is 37.1 Å². The van der Waals surface area contributed by atoms with Gasteiger partial charge < -0.3 is 10.2 Å². The molecule has 0 bridgehead atoms. The van der Waals surface area contributed by atoms with Crippen molar-refractivity contribution in [1.82, 2.24) is 10.2 Å². The van der Waals surface area contributed by atoms with E-state index in [1.165, 1.54) is 51.9 Å². The highest BCUT2D eigenvalue weighted by atomic mass is 15.2. The van der Waals surface area contributed by atoms with Crippen LogP contribution in [0.4, 0.5) is 0 Å². The minimum absolute atomic E-state index is 0.738. The normalized spacial score (nSPS) is 28.6. The Balaban J connectivity index is 1.56. The third kappa shape index (κ3) is 3.18. The molecule has 1 heterocycles. The molecule has 1 aliphatic carbocycles. The number of nitrogens with zero attached hydrogens (tertiary/aromatic N) is 1. The maximum atomic E-state index is 3.66. The molecule has 0 radical (unpaired) electrons. The Kier molecular flexibility index (Phi) is 4.04. The maximum absolute atomic E-state index is 3.66. The summed E-state index contributed by atoms with van der Waals surface area (Å²) in [5.41, 5.74) is 0. The zero-order valence-corrected chi connectivity index (χ0v) is 10.3. The molecule has 2 nitrogen and oxygen atoms in total. The lowest BCUT2D eigenvalue weighted by molar-refractivity contribution is 0.259. The quantitative estimate of drug-likeness (QED) is 0.747. The number of rotatable bonds is 5. The second kappa shape index (κ2) is 5.31. The molecular formula is C13H26N2. The second-order valence-corrected chi connectivity index (χ2v) is 5.70. The first-order chi connectivity index (χ1) is 7.25. The van der Waals surface area contributed by atoms with Crippen molar-refractivity contribution < 1.29 is 0 Å². The summed E-state index contributed by atoms with van der Waals surface area (Å²) >= 11 is 0. The van der Waals surface area contributed by atoms with Crippen LogP contribution in [0.1, 0.15) is 39.5 Å². The fourth-order valence-corrected chi connectivity index (χ4v) is 2.69. The monoisotopic (exact) mass is 210 g/mol. The lowest BCUT2D eigenvalue weighted by atomic mass is 9.85. The van der Waals surface area contributed by atoms with Gasteiger partial charge in [-0.1, -0.05) is 6.42 Å². The van der Waals surface area contributed by atoms with Gasteiger partial charge in [0.25, 0.3) is 0 Å². The molecule has 1 atom stereocenters. The molecule has 0 aromatic heterocycles. The lowest BCUT2D eigenvalue weighted by Crippen LogP contribution is -2.33. The van der Waals surface area contributed by atoms with Gasteiger partial charge in [0.15, 0.2) is 0 Å². The summed E-state index contributed by atoms with van der Waals surface area (Å²) in [5.74, 6) is 1.92. The van der Waals surface area contributed by atoms with Gasteiger partial charge >= 0.3 is 0 Å². The van der Waals surface area contributed by atoms with Crippen molar-refractivity contribution in [1.29, 1.82) is 0 Å². The van der Waals surface area contributed by atoms with Crippen molar-refractivity contribution in [2.75, 3.05) is 26.2 Å². The van der Waals surface area contributed by atoms with Gasteiger partial charge in [0, 0.05) is 12.6 Å². The van der Waals surface area contributed by atoms with Crippen LogP contribution >= 0.6 is 0 Å². The van der Waals surface area contributed by atoms with Crippen molar-refractivity contribution >= 4 is 0 Å². The molecule has 0 amide bonds. The van der Waals surface area contributed by atoms with Crippen LogP contribution < -0.4 is 5.32 Å². The molecule has 2 rings (SSSR count). The molecule has 1 aliphatic heterocycles. The van der Waals surface area contributed by atoms with Crippen LogP contribution in [0.25, 0.3) is 0 Å². The molecule has 2 heteroatoms. The molecule has 15 heavy (non-hydrogen) atoms. The van der Waals surface area contributed by atoms with Crippen LogP contribution in [0.5, 0.6) is 0 Å². The molecular weight excluding hydrogens is 184 g/mol. The van der Waals surface area contributed by atoms with Gasteiger partial charge in [0.05, 0.1) is 0 Å². The summed E-state index contributed by atoms with van der Waals surface area (Å²) in [4.78, 5) is 2.61. The number of nitrogens with one attached hydrogen (secondary N) is 1. The first-order valence-electron chi connectivity index (χ1n) is 6.70. The summed E-state index contributed by atoms with van der Waals surface area (Å²) in [6, 6.07) is 0.738. The van der Waals surface area contributed by atoms with E-state index in [4.69, 9.17) is 0 Å². The minimum Gasteiger partial charge on any atom is -0.316 e. The van der Waals surface area contributed by atoms with Crippen LogP contribution in [-0.2, 0) is 0 Å². The Morgan fingerprint density at radius 3 is 2.40 bits per heavy atom. The highest BCUT2D eigenvalue weighted by Crippen LogP contribution is 2.25. The van der Waals surface area contributed by atoms with Crippen molar-refractivity contribution in [3.05, 3.63) is 0 Å². The molecule has 2 fully saturated rings. The van der Waals surface area contributed by atoms with Gasteiger partial charge in [-0.2, -0.15) is 0 Å². The third-order valence-electron chi connectivity index (χ3n) is 4.14. The molecule has 1 N–H and O–H groups in total. The van der Waals surface area contributed by atoms with E-state index >= 15 is 0 Å². The van der Waals surface area contributed by atoms with Crippen LogP contribution in [0.3, 0.4) is 0 Å². The molecule has 0 spiro atoms. The van der Waals surface area contributed by atoms with E-state index in [0.717, 1.165) is 17.9 Å².